The summed E-state index contributed by atoms with van der Waals surface area (Å²) in [6.07, 6.45) is 5.67. The summed E-state index contributed by atoms with van der Waals surface area (Å²) in [6, 6.07) is 6.60. The molecule has 2 fully saturated rings. The number of esters is 1. The summed E-state index contributed by atoms with van der Waals surface area (Å²) in [4.78, 5) is 43.1. The predicted octanol–water partition coefficient (Wildman–Crippen LogP) is 2.82. The van der Waals surface area contributed by atoms with E-state index in [4.69, 9.17) is 9.47 Å². The number of hydrogen-bond acceptors (Lipinski definition) is 6. The van der Waals surface area contributed by atoms with Gasteiger partial charge in [0.1, 0.15) is 0 Å². The molecule has 0 saturated carbocycles. The van der Waals surface area contributed by atoms with Gasteiger partial charge in [0, 0.05) is 43.6 Å². The number of benzene rings is 1. The van der Waals surface area contributed by atoms with Gasteiger partial charge in [-0.2, -0.15) is 0 Å². The molecule has 0 aliphatic carbocycles. The fourth-order valence-electron chi connectivity index (χ4n) is 4.47. The van der Waals surface area contributed by atoms with E-state index in [1.807, 2.05) is 0 Å². The number of carbonyl (C=O) groups excluding carboxylic acids is 3. The first kappa shape index (κ1) is 23.8. The Balaban J connectivity index is 1.51. The van der Waals surface area contributed by atoms with Crippen molar-refractivity contribution < 1.29 is 28.2 Å². The number of methoxy groups -OCH3 is 1. The number of pyridine rings is 1. The summed E-state index contributed by atoms with van der Waals surface area (Å²) in [5.41, 5.74) is 1.25. The van der Waals surface area contributed by atoms with E-state index in [0.29, 0.717) is 42.6 Å². The van der Waals surface area contributed by atoms with Crippen LogP contribution >= 0.6 is 0 Å². The molecule has 1 aromatic carbocycles. The average molecular weight is 470 g/mol. The fraction of sp³-hybridized carbons (Fsp3) is 0.440. The summed E-state index contributed by atoms with van der Waals surface area (Å²) in [5, 5.41) is 2.87. The van der Waals surface area contributed by atoms with Crippen LogP contribution in [0.4, 0.5) is 4.39 Å². The number of likely N-dealkylation sites (tertiary alicyclic amines) is 1. The highest BCUT2D eigenvalue weighted by molar-refractivity contribution is 6.01. The SMILES string of the molecule is COC(=O)C1CCCN(C(=O)c2c(F)cncc2-c2ccc(C(=O)NCC3CCCO3)cc2)C1. The van der Waals surface area contributed by atoms with E-state index in [1.54, 1.807) is 24.3 Å². The topological polar surface area (TPSA) is 97.8 Å². The van der Waals surface area contributed by atoms with E-state index < -0.39 is 17.6 Å². The van der Waals surface area contributed by atoms with Gasteiger partial charge in [-0.05, 0) is 43.4 Å². The lowest BCUT2D eigenvalue weighted by Crippen LogP contribution is -2.43. The van der Waals surface area contributed by atoms with Gasteiger partial charge in [-0.25, -0.2) is 4.39 Å². The predicted molar refractivity (Wildman–Crippen MR) is 122 cm³/mol. The zero-order valence-electron chi connectivity index (χ0n) is 19.1. The van der Waals surface area contributed by atoms with E-state index in [9.17, 15) is 18.8 Å². The molecular formula is C25H28FN3O5. The van der Waals surface area contributed by atoms with E-state index >= 15 is 0 Å². The lowest BCUT2D eigenvalue weighted by atomic mass is 9.95. The van der Waals surface area contributed by atoms with Crippen LogP contribution in [0.2, 0.25) is 0 Å². The van der Waals surface area contributed by atoms with Crippen LogP contribution in [0.25, 0.3) is 11.1 Å². The van der Waals surface area contributed by atoms with Crippen LogP contribution in [-0.4, -0.2) is 67.1 Å². The van der Waals surface area contributed by atoms with Crippen molar-refractivity contribution in [2.75, 3.05) is 33.4 Å². The van der Waals surface area contributed by atoms with Crippen LogP contribution in [0.5, 0.6) is 0 Å². The highest BCUT2D eigenvalue weighted by Crippen LogP contribution is 2.28. The van der Waals surface area contributed by atoms with Crippen molar-refractivity contribution in [1.29, 1.82) is 0 Å². The first-order valence-corrected chi connectivity index (χ1v) is 11.5. The molecule has 2 unspecified atom stereocenters. The molecule has 1 N–H and O–H groups in total. The van der Waals surface area contributed by atoms with Crippen LogP contribution in [0, 0.1) is 11.7 Å². The van der Waals surface area contributed by atoms with E-state index in [-0.39, 0.29) is 30.1 Å². The Morgan fingerprint density at radius 3 is 2.68 bits per heavy atom. The molecule has 8 nitrogen and oxygen atoms in total. The van der Waals surface area contributed by atoms with Gasteiger partial charge in [0.2, 0.25) is 0 Å². The summed E-state index contributed by atoms with van der Waals surface area (Å²) >= 11 is 0. The normalized spacial score (nSPS) is 20.1. The van der Waals surface area contributed by atoms with Crippen molar-refractivity contribution in [2.45, 2.75) is 31.8 Å². The van der Waals surface area contributed by atoms with Crippen molar-refractivity contribution in [3.63, 3.8) is 0 Å². The van der Waals surface area contributed by atoms with E-state index in [0.717, 1.165) is 25.6 Å². The Labute approximate surface area is 197 Å². The molecule has 2 atom stereocenters. The quantitative estimate of drug-likeness (QED) is 0.654. The number of piperidine rings is 1. The zero-order chi connectivity index (χ0) is 24.1. The maximum atomic E-state index is 14.8. The van der Waals surface area contributed by atoms with Gasteiger partial charge >= 0.3 is 5.97 Å². The molecule has 34 heavy (non-hydrogen) atoms. The summed E-state index contributed by atoms with van der Waals surface area (Å²) in [5.74, 6) is -2.26. The van der Waals surface area contributed by atoms with Gasteiger partial charge in [-0.1, -0.05) is 12.1 Å². The minimum absolute atomic E-state index is 0.0451. The lowest BCUT2D eigenvalue weighted by molar-refractivity contribution is -0.146. The van der Waals surface area contributed by atoms with Gasteiger partial charge in [0.05, 0.1) is 30.9 Å². The van der Waals surface area contributed by atoms with Crippen molar-refractivity contribution >= 4 is 17.8 Å². The number of nitrogens with one attached hydrogen (secondary N) is 1. The molecular weight excluding hydrogens is 441 g/mol. The van der Waals surface area contributed by atoms with Crippen LogP contribution < -0.4 is 5.32 Å². The molecule has 1 aromatic heterocycles. The molecule has 2 aliphatic rings. The average Bonchev–Trinajstić information content (AvgIpc) is 3.40. The van der Waals surface area contributed by atoms with Crippen molar-refractivity contribution in [2.24, 2.45) is 5.92 Å². The monoisotopic (exact) mass is 469 g/mol. The first-order valence-electron chi connectivity index (χ1n) is 11.5. The van der Waals surface area contributed by atoms with E-state index in [1.165, 1.54) is 18.2 Å². The third-order valence-electron chi connectivity index (χ3n) is 6.33. The summed E-state index contributed by atoms with van der Waals surface area (Å²) in [6.45, 7) is 1.78. The molecule has 180 valence electrons. The third-order valence-corrected chi connectivity index (χ3v) is 6.33. The number of carbonyl (C=O) groups is 3. The van der Waals surface area contributed by atoms with Crippen LogP contribution in [0.3, 0.4) is 0 Å². The van der Waals surface area contributed by atoms with Crippen molar-refractivity contribution in [3.8, 4) is 11.1 Å². The van der Waals surface area contributed by atoms with Crippen LogP contribution in [-0.2, 0) is 14.3 Å². The van der Waals surface area contributed by atoms with Gasteiger partial charge in [-0.15, -0.1) is 0 Å². The Kier molecular flexibility index (Phi) is 7.52. The molecule has 9 heteroatoms. The zero-order valence-corrected chi connectivity index (χ0v) is 19.1. The van der Waals surface area contributed by atoms with Gasteiger partial charge < -0.3 is 19.7 Å². The standard InChI is InChI=1S/C25H28FN3O5/c1-33-25(32)18-4-2-10-29(15-18)24(31)22-20(13-27-14-21(22)26)16-6-8-17(9-7-16)23(30)28-12-19-5-3-11-34-19/h6-9,13-14,18-19H,2-5,10-12,15H2,1H3,(H,28,30). The van der Waals surface area contributed by atoms with Crippen molar-refractivity contribution in [3.05, 3.63) is 53.6 Å². The fourth-order valence-corrected chi connectivity index (χ4v) is 4.47. The minimum atomic E-state index is -0.735. The second-order valence-electron chi connectivity index (χ2n) is 8.58. The Bertz CT molecular complexity index is 1050. The Morgan fingerprint density at radius 1 is 1.18 bits per heavy atom. The number of nitrogens with zero attached hydrogens (tertiary/aromatic N) is 2. The van der Waals surface area contributed by atoms with Crippen LogP contribution in [0.15, 0.2) is 36.7 Å². The van der Waals surface area contributed by atoms with E-state index in [2.05, 4.69) is 10.3 Å². The molecule has 2 aromatic rings. The minimum Gasteiger partial charge on any atom is -0.469 e. The molecule has 2 aliphatic heterocycles. The summed E-state index contributed by atoms with van der Waals surface area (Å²) in [7, 11) is 1.32. The number of aromatic nitrogens is 1. The number of halogens is 1. The van der Waals surface area contributed by atoms with Gasteiger partial charge in [0.25, 0.3) is 11.8 Å². The molecule has 0 spiro atoms. The van der Waals surface area contributed by atoms with Crippen molar-refractivity contribution in [1.82, 2.24) is 15.2 Å². The smallest absolute Gasteiger partial charge is 0.310 e. The number of rotatable bonds is 6. The number of amides is 2. The molecule has 4 rings (SSSR count). The van der Waals surface area contributed by atoms with Crippen LogP contribution in [0.1, 0.15) is 46.4 Å². The third kappa shape index (κ3) is 5.25. The van der Waals surface area contributed by atoms with Gasteiger partial charge in [0.15, 0.2) is 5.82 Å². The molecule has 0 bridgehead atoms. The Morgan fingerprint density at radius 2 is 1.97 bits per heavy atom. The molecule has 2 saturated heterocycles. The maximum Gasteiger partial charge on any atom is 0.310 e. The highest BCUT2D eigenvalue weighted by Gasteiger charge is 2.32. The maximum absolute atomic E-state index is 14.8. The Hall–Kier alpha value is -3.33. The molecule has 0 radical (unpaired) electrons. The second-order valence-corrected chi connectivity index (χ2v) is 8.58. The molecule has 2 amide bonds. The largest absolute Gasteiger partial charge is 0.469 e. The van der Waals surface area contributed by atoms with Gasteiger partial charge in [-0.3, -0.25) is 19.4 Å². The first-order chi connectivity index (χ1) is 16.5. The number of hydrogen-bond donors (Lipinski definition) is 1. The lowest BCUT2D eigenvalue weighted by Gasteiger charge is -2.31. The summed E-state index contributed by atoms with van der Waals surface area (Å²) < 4.78 is 25.2. The number of ether oxygens (including phenoxy) is 2. The second kappa shape index (κ2) is 10.7. The molecule has 3 heterocycles. The highest BCUT2D eigenvalue weighted by atomic mass is 19.1.